The van der Waals surface area contributed by atoms with Gasteiger partial charge in [-0.25, -0.2) is 13.4 Å². The molecule has 3 aromatic carbocycles. The number of hydrogen-bond acceptors (Lipinski definition) is 8. The predicted molar refractivity (Wildman–Crippen MR) is 145 cm³/mol. The lowest BCUT2D eigenvalue weighted by Gasteiger charge is -2.12. The Morgan fingerprint density at radius 3 is 2.59 bits per heavy atom. The number of hydrazine groups is 1. The second kappa shape index (κ2) is 12.1. The number of thiazole rings is 1. The van der Waals surface area contributed by atoms with Crippen LogP contribution in [0.1, 0.15) is 23.2 Å². The smallest absolute Gasteiger partial charge is 0.269 e. The Kier molecular flexibility index (Phi) is 8.64. The van der Waals surface area contributed by atoms with Crippen LogP contribution in [0.25, 0.3) is 10.2 Å². The zero-order valence-electron chi connectivity index (χ0n) is 19.8. The summed E-state index contributed by atoms with van der Waals surface area (Å²) >= 11 is 3.20. The van der Waals surface area contributed by atoms with E-state index in [0.29, 0.717) is 17.9 Å². The summed E-state index contributed by atoms with van der Waals surface area (Å²) in [6.07, 6.45) is 0.820. The fourth-order valence-corrected chi connectivity index (χ4v) is 6.50. The molecule has 1 heterocycles. The summed E-state index contributed by atoms with van der Waals surface area (Å²) in [6.45, 7) is 0. The van der Waals surface area contributed by atoms with Crippen molar-refractivity contribution in [2.24, 2.45) is 0 Å². The summed E-state index contributed by atoms with van der Waals surface area (Å²) in [5.74, 6) is 0.0906. The molecule has 2 amide bonds. The highest BCUT2D eigenvalue weighted by molar-refractivity contribution is 8.01. The van der Waals surface area contributed by atoms with Gasteiger partial charge in [-0.15, -0.1) is 11.3 Å². The molecule has 0 aliphatic heterocycles. The first-order chi connectivity index (χ1) is 17.9. The minimum Gasteiger partial charge on any atom is -0.495 e. The van der Waals surface area contributed by atoms with Gasteiger partial charge >= 0.3 is 0 Å². The molecule has 37 heavy (non-hydrogen) atoms. The number of rotatable bonds is 10. The van der Waals surface area contributed by atoms with Crippen molar-refractivity contribution in [3.63, 3.8) is 0 Å². The lowest BCUT2D eigenvalue weighted by molar-refractivity contribution is -0.121. The average molecular weight is 557 g/mol. The second-order valence-corrected chi connectivity index (χ2v) is 11.8. The molecule has 12 heteroatoms. The first kappa shape index (κ1) is 26.5. The van der Waals surface area contributed by atoms with Crippen LogP contribution in [0.2, 0.25) is 0 Å². The van der Waals surface area contributed by atoms with E-state index < -0.39 is 15.9 Å². The van der Waals surface area contributed by atoms with E-state index in [1.807, 2.05) is 24.3 Å². The Balaban J connectivity index is 1.26. The molecule has 9 nitrogen and oxygen atoms in total. The van der Waals surface area contributed by atoms with Crippen molar-refractivity contribution in [2.45, 2.75) is 22.1 Å². The zero-order valence-corrected chi connectivity index (χ0v) is 22.2. The largest absolute Gasteiger partial charge is 0.495 e. The van der Waals surface area contributed by atoms with Crippen LogP contribution >= 0.6 is 23.1 Å². The normalized spacial score (nSPS) is 11.2. The van der Waals surface area contributed by atoms with E-state index >= 15 is 0 Å². The maximum atomic E-state index is 12.8. The quantitative estimate of drug-likeness (QED) is 0.150. The van der Waals surface area contributed by atoms with Crippen molar-refractivity contribution in [2.75, 3.05) is 17.6 Å². The number of thioether (sulfide) groups is 1. The van der Waals surface area contributed by atoms with E-state index in [0.717, 1.165) is 14.6 Å². The summed E-state index contributed by atoms with van der Waals surface area (Å²) < 4.78 is 35.4. The molecule has 0 saturated carbocycles. The summed E-state index contributed by atoms with van der Waals surface area (Å²) in [5.41, 5.74) is 6.01. The van der Waals surface area contributed by atoms with Crippen molar-refractivity contribution in [3.05, 3.63) is 78.4 Å². The molecule has 0 aliphatic rings. The van der Waals surface area contributed by atoms with E-state index in [9.17, 15) is 18.0 Å². The number of para-hydroxylation sites is 3. The van der Waals surface area contributed by atoms with Crippen LogP contribution < -0.4 is 20.3 Å². The second-order valence-electron chi connectivity index (χ2n) is 7.74. The Hall–Kier alpha value is -3.61. The van der Waals surface area contributed by atoms with Gasteiger partial charge in [0.05, 0.1) is 27.9 Å². The maximum Gasteiger partial charge on any atom is 0.269 e. The lowest BCUT2D eigenvalue weighted by atomic mass is 10.2. The molecule has 4 rings (SSSR count). The van der Waals surface area contributed by atoms with Gasteiger partial charge < -0.3 is 4.74 Å². The predicted octanol–water partition coefficient (Wildman–Crippen LogP) is 4.44. The highest BCUT2D eigenvalue weighted by Crippen LogP contribution is 2.30. The van der Waals surface area contributed by atoms with Crippen molar-refractivity contribution < 1.29 is 22.7 Å². The third-order valence-electron chi connectivity index (χ3n) is 5.12. The van der Waals surface area contributed by atoms with Crippen molar-refractivity contribution in [1.29, 1.82) is 0 Å². The number of anilines is 1. The van der Waals surface area contributed by atoms with E-state index in [-0.39, 0.29) is 28.5 Å². The van der Waals surface area contributed by atoms with Crippen LogP contribution in [0, 0.1) is 0 Å². The SMILES string of the molecule is COc1ccccc1NS(=O)(=O)c1cccc(C(=O)NNC(=O)CCCSc2nc3ccccc3s2)c1. The molecule has 0 saturated heterocycles. The molecule has 0 spiro atoms. The number of nitrogens with one attached hydrogen (secondary N) is 3. The van der Waals surface area contributed by atoms with Crippen molar-refractivity contribution in [1.82, 2.24) is 15.8 Å². The fourth-order valence-electron chi connectivity index (χ4n) is 3.30. The number of sulfonamides is 1. The monoisotopic (exact) mass is 556 g/mol. The van der Waals surface area contributed by atoms with Crippen LogP contribution in [-0.2, 0) is 14.8 Å². The first-order valence-electron chi connectivity index (χ1n) is 11.2. The maximum absolute atomic E-state index is 12.8. The van der Waals surface area contributed by atoms with Gasteiger partial charge in [-0.3, -0.25) is 25.2 Å². The number of fused-ring (bicyclic) bond motifs is 1. The van der Waals surface area contributed by atoms with Crippen LogP contribution in [0.15, 0.2) is 82.0 Å². The van der Waals surface area contributed by atoms with E-state index in [1.54, 1.807) is 47.4 Å². The fraction of sp³-hybridized carbons (Fsp3) is 0.160. The zero-order chi connectivity index (χ0) is 26.3. The van der Waals surface area contributed by atoms with Gasteiger partial charge in [-0.05, 0) is 48.9 Å². The van der Waals surface area contributed by atoms with Gasteiger partial charge in [-0.1, -0.05) is 42.1 Å². The number of hydrogen-bond donors (Lipinski definition) is 3. The number of ether oxygens (including phenoxy) is 1. The number of aromatic nitrogens is 1. The Labute approximate surface area is 222 Å². The number of carbonyl (C=O) groups excluding carboxylic acids is 2. The molecular formula is C25H24N4O5S3. The van der Waals surface area contributed by atoms with Crippen LogP contribution in [-0.4, -0.2) is 38.1 Å². The molecule has 0 unspecified atom stereocenters. The van der Waals surface area contributed by atoms with Gasteiger partial charge in [0, 0.05) is 17.7 Å². The highest BCUT2D eigenvalue weighted by atomic mass is 32.2. The van der Waals surface area contributed by atoms with Gasteiger partial charge in [-0.2, -0.15) is 0 Å². The van der Waals surface area contributed by atoms with E-state index in [2.05, 4.69) is 20.6 Å². The lowest BCUT2D eigenvalue weighted by Crippen LogP contribution is -2.41. The molecule has 0 atom stereocenters. The van der Waals surface area contributed by atoms with Gasteiger partial charge in [0.15, 0.2) is 4.34 Å². The Morgan fingerprint density at radius 2 is 1.78 bits per heavy atom. The van der Waals surface area contributed by atoms with Crippen molar-refractivity contribution >= 4 is 60.8 Å². The number of methoxy groups -OCH3 is 1. The van der Waals surface area contributed by atoms with Gasteiger partial charge in [0.1, 0.15) is 5.75 Å². The number of amides is 2. The highest BCUT2D eigenvalue weighted by Gasteiger charge is 2.18. The van der Waals surface area contributed by atoms with Gasteiger partial charge in [0.2, 0.25) is 5.91 Å². The summed E-state index contributed by atoms with van der Waals surface area (Å²) in [5, 5.41) is 0. The summed E-state index contributed by atoms with van der Waals surface area (Å²) in [7, 11) is -2.55. The van der Waals surface area contributed by atoms with Crippen LogP contribution in [0.5, 0.6) is 5.75 Å². The van der Waals surface area contributed by atoms with Crippen LogP contribution in [0.3, 0.4) is 0 Å². The Morgan fingerprint density at radius 1 is 1.00 bits per heavy atom. The molecule has 0 radical (unpaired) electrons. The number of benzene rings is 3. The molecule has 192 valence electrons. The number of carbonyl (C=O) groups is 2. The molecule has 0 aliphatic carbocycles. The molecule has 0 bridgehead atoms. The van der Waals surface area contributed by atoms with Gasteiger partial charge in [0.25, 0.3) is 15.9 Å². The summed E-state index contributed by atoms with van der Waals surface area (Å²) in [6, 6.07) is 20.0. The third kappa shape index (κ3) is 7.00. The standard InChI is InChI=1S/C25H24N4O5S3/c1-34-21-12-4-2-10-19(21)29-37(32,33)18-9-6-8-17(16-18)24(31)28-27-23(30)14-7-15-35-25-26-20-11-3-5-13-22(20)36-25/h2-6,8-13,16,29H,7,14-15H2,1H3,(H,27,30)(H,28,31). The summed E-state index contributed by atoms with van der Waals surface area (Å²) in [4.78, 5) is 29.1. The van der Waals surface area contributed by atoms with Crippen LogP contribution in [0.4, 0.5) is 5.69 Å². The number of nitrogens with zero attached hydrogens (tertiary/aromatic N) is 1. The van der Waals surface area contributed by atoms with E-state index in [4.69, 9.17) is 4.74 Å². The van der Waals surface area contributed by atoms with E-state index in [1.165, 1.54) is 31.4 Å². The topological polar surface area (TPSA) is 126 Å². The minimum atomic E-state index is -3.98. The molecule has 3 N–H and O–H groups in total. The molecule has 4 aromatic rings. The third-order valence-corrected chi connectivity index (χ3v) is 8.75. The molecule has 0 fully saturated rings. The Bertz CT molecular complexity index is 1490. The van der Waals surface area contributed by atoms with Crippen molar-refractivity contribution in [3.8, 4) is 5.75 Å². The first-order valence-corrected chi connectivity index (χ1v) is 14.5. The molecular weight excluding hydrogens is 532 g/mol. The minimum absolute atomic E-state index is 0.0783. The molecule has 1 aromatic heterocycles. The average Bonchev–Trinajstić information content (AvgIpc) is 3.33.